The zero-order chi connectivity index (χ0) is 62.6. The molecule has 0 saturated carbocycles. The zero-order valence-electron chi connectivity index (χ0n) is 48.0. The Kier molecular flexibility index (Phi) is 31.5. The first-order chi connectivity index (χ1) is 38.3. The van der Waals surface area contributed by atoms with Gasteiger partial charge in [0.05, 0.1) is 12.1 Å². The van der Waals surface area contributed by atoms with Gasteiger partial charge in [0.1, 0.15) is 66.7 Å². The third kappa shape index (κ3) is 27.2. The van der Waals surface area contributed by atoms with E-state index < -0.39 is 144 Å². The Bertz CT molecular complexity index is 2400. The van der Waals surface area contributed by atoms with Gasteiger partial charge in [-0.2, -0.15) is 0 Å². The summed E-state index contributed by atoms with van der Waals surface area (Å²) in [5.41, 5.74) is 27.6. The van der Waals surface area contributed by atoms with E-state index in [4.69, 9.17) is 33.8 Å². The number of aliphatic carboxylic acids is 1. The van der Waals surface area contributed by atoms with E-state index in [0.717, 1.165) is 0 Å². The summed E-state index contributed by atoms with van der Waals surface area (Å²) < 4.78 is 0. The second kappa shape index (κ2) is 36.1. The number of aliphatic hydroxyl groups excluding tert-OH is 1. The summed E-state index contributed by atoms with van der Waals surface area (Å²) in [5.74, 6) is -11.2. The number of phenols is 1. The molecule has 460 valence electrons. The lowest BCUT2D eigenvalue weighted by Crippen LogP contribution is -2.62. The van der Waals surface area contributed by atoms with Crippen molar-refractivity contribution in [1.82, 2.24) is 53.2 Å². The number of carbonyl (C=O) groups excluding carboxylic acids is 10. The summed E-state index contributed by atoms with van der Waals surface area (Å²) in [7, 11) is 0. The topological polar surface area (TPSA) is 524 Å². The number of guanidine groups is 2. The van der Waals surface area contributed by atoms with Crippen LogP contribution in [0.15, 0.2) is 34.3 Å². The van der Waals surface area contributed by atoms with E-state index in [1.165, 1.54) is 58.9 Å². The molecule has 0 aromatic heterocycles. The van der Waals surface area contributed by atoms with Crippen molar-refractivity contribution in [3.63, 3.8) is 0 Å². The lowest BCUT2D eigenvalue weighted by molar-refractivity contribution is -0.138. The Morgan fingerprint density at radius 3 is 1.38 bits per heavy atom. The summed E-state index contributed by atoms with van der Waals surface area (Å²) in [6, 6.07) is -7.71. The van der Waals surface area contributed by atoms with Gasteiger partial charge in [0.2, 0.25) is 59.1 Å². The Labute approximate surface area is 476 Å². The fraction of sp³-hybridized carbons (Fsp3) is 0.627. The summed E-state index contributed by atoms with van der Waals surface area (Å²) >= 11 is 0. The lowest BCUT2D eigenvalue weighted by atomic mass is 9.96. The number of carboxylic acids is 1. The predicted octanol–water partition coefficient (Wildman–Crippen LogP) is -5.51. The summed E-state index contributed by atoms with van der Waals surface area (Å²) in [6.07, 6.45) is -1.27. The van der Waals surface area contributed by atoms with Gasteiger partial charge in [-0.3, -0.25) is 62.7 Å². The predicted molar refractivity (Wildman–Crippen MR) is 301 cm³/mol. The van der Waals surface area contributed by atoms with E-state index in [1.807, 2.05) is 0 Å². The first-order valence-electron chi connectivity index (χ1n) is 26.8. The van der Waals surface area contributed by atoms with Gasteiger partial charge >= 0.3 is 5.97 Å². The van der Waals surface area contributed by atoms with Gasteiger partial charge in [0, 0.05) is 19.5 Å². The van der Waals surface area contributed by atoms with Gasteiger partial charge in [0.15, 0.2) is 11.9 Å². The fourth-order valence-corrected chi connectivity index (χ4v) is 7.54. The molecule has 0 unspecified atom stereocenters. The van der Waals surface area contributed by atoms with Gasteiger partial charge in [-0.25, -0.2) is 0 Å². The molecule has 1 aromatic rings. The second-order valence-corrected chi connectivity index (χ2v) is 20.3. The molecule has 0 heterocycles. The number of carbonyl (C=O) groups is 11. The number of nitrogens with one attached hydrogen (secondary N) is 10. The molecule has 1 rings (SSSR count). The number of aliphatic imine (C=N–C) groups is 2. The highest BCUT2D eigenvalue weighted by Gasteiger charge is 2.37. The first kappa shape index (κ1) is 71.7. The van der Waals surface area contributed by atoms with Crippen molar-refractivity contribution in [3.05, 3.63) is 29.8 Å². The number of nitrogens with two attached hydrogens (primary N) is 5. The van der Waals surface area contributed by atoms with Crippen molar-refractivity contribution in [2.24, 2.45) is 50.5 Å². The van der Waals surface area contributed by atoms with E-state index in [2.05, 4.69) is 63.2 Å². The lowest BCUT2D eigenvalue weighted by Gasteiger charge is -2.30. The molecule has 10 amide bonds. The van der Waals surface area contributed by atoms with Crippen LogP contribution < -0.4 is 81.8 Å². The van der Waals surface area contributed by atoms with Crippen molar-refractivity contribution in [3.8, 4) is 5.75 Å². The van der Waals surface area contributed by atoms with Crippen LogP contribution in [0.5, 0.6) is 5.75 Å². The number of rotatable bonds is 36. The van der Waals surface area contributed by atoms with E-state index in [9.17, 15) is 63.0 Å². The summed E-state index contributed by atoms with van der Waals surface area (Å²) in [6.45, 7) is 12.9. The summed E-state index contributed by atoms with van der Waals surface area (Å²) in [5, 5.41) is 54.8. The van der Waals surface area contributed by atoms with Crippen molar-refractivity contribution in [1.29, 1.82) is 0 Å². The zero-order valence-corrected chi connectivity index (χ0v) is 48.0. The van der Waals surface area contributed by atoms with Gasteiger partial charge < -0.3 is 97.2 Å². The SMILES string of the molecule is CC[C@H](C)[C@H](NC(=O)[C@H](CC(C)C)NC(=O)[C@H](C)NC(=O)[C@H](C)N)C(=O)N[C@H](C(=O)N[C@@H](Cc1ccc(O)cc1)C(=O)N[C@@H](C)C(=O)N[C@@H](C)C(=O)N[C@@H](CCCN=C(N)N)C(=O)N[C@@H](CCCN=C(N)N)C(=O)NCC(=O)O)[C@@H](C)O. The van der Waals surface area contributed by atoms with Crippen LogP contribution in [0.3, 0.4) is 0 Å². The van der Waals surface area contributed by atoms with Gasteiger partial charge in [-0.1, -0.05) is 46.2 Å². The molecule has 1 aromatic carbocycles. The number of hydrogen-bond donors (Lipinski definition) is 18. The quantitative estimate of drug-likeness (QED) is 0.0169. The smallest absolute Gasteiger partial charge is 0.322 e. The molecule has 31 heteroatoms. The number of hydrogen-bond acceptors (Lipinski definition) is 16. The van der Waals surface area contributed by atoms with Crippen LogP contribution in [0, 0.1) is 11.8 Å². The first-order valence-corrected chi connectivity index (χ1v) is 26.8. The molecule has 12 atom stereocenters. The molecule has 0 aliphatic rings. The second-order valence-electron chi connectivity index (χ2n) is 20.3. The van der Waals surface area contributed by atoms with Crippen molar-refractivity contribution >= 4 is 77.0 Å². The van der Waals surface area contributed by atoms with Crippen molar-refractivity contribution in [2.75, 3.05) is 19.6 Å². The van der Waals surface area contributed by atoms with E-state index in [0.29, 0.717) is 12.0 Å². The molecule has 82 heavy (non-hydrogen) atoms. The number of aliphatic hydroxyl groups is 1. The van der Waals surface area contributed by atoms with Crippen LogP contribution in [-0.2, 0) is 59.2 Å². The van der Waals surface area contributed by atoms with E-state index >= 15 is 0 Å². The molecule has 0 aliphatic carbocycles. The van der Waals surface area contributed by atoms with E-state index in [1.54, 1.807) is 27.7 Å². The highest BCUT2D eigenvalue weighted by Crippen LogP contribution is 2.15. The summed E-state index contributed by atoms with van der Waals surface area (Å²) in [4.78, 5) is 154. The minimum Gasteiger partial charge on any atom is -0.508 e. The third-order valence-corrected chi connectivity index (χ3v) is 12.4. The molecule has 0 spiro atoms. The number of benzene rings is 1. The van der Waals surface area contributed by atoms with Gasteiger partial charge in [0.25, 0.3) is 0 Å². The Morgan fingerprint density at radius 2 is 0.915 bits per heavy atom. The number of phenolic OH excluding ortho intramolecular Hbond substituents is 1. The van der Waals surface area contributed by atoms with Gasteiger partial charge in [-0.15, -0.1) is 0 Å². The maximum absolute atomic E-state index is 14.1. The van der Waals surface area contributed by atoms with Crippen molar-refractivity contribution < 1.29 is 68.1 Å². The van der Waals surface area contributed by atoms with Gasteiger partial charge in [-0.05, 0) is 96.3 Å². The van der Waals surface area contributed by atoms with Crippen LogP contribution in [0.4, 0.5) is 0 Å². The maximum Gasteiger partial charge on any atom is 0.322 e. The Morgan fingerprint density at radius 1 is 0.512 bits per heavy atom. The maximum atomic E-state index is 14.1. The number of aromatic hydroxyl groups is 1. The molecule has 0 fully saturated rings. The van der Waals surface area contributed by atoms with Crippen molar-refractivity contribution in [2.45, 2.75) is 174 Å². The number of amides is 10. The Hall–Kier alpha value is -8.35. The molecular weight excluding hydrogens is 1070 g/mol. The standard InChI is InChI=1S/C51H87N17O14/c1-10-25(4)38(67-47(80)35(21-24(2)3)65-43(76)28(7)60-40(73)26(5)52)48(81)68-39(30(9)69)49(82)66-36(22-31-15-17-32(70)18-16-31)46(79)62-27(6)41(74)61-29(8)42(75)63-34(14-12-20-58-51(55)56)45(78)64-33(13-11-19-57-50(53)54)44(77)59-23-37(71)72/h15-18,24-30,33-36,38-39,69-70H,10-14,19-23,52H2,1-9H3,(H,59,77)(H,60,73)(H,61,74)(H,62,79)(H,63,75)(H,64,78)(H,65,76)(H,66,82)(H,67,80)(H,68,81)(H,71,72)(H4,53,54,57)(H4,55,56,58)/t25-,26-,27-,28-,29-,30+,33-,34-,35-,36-,38-,39-/m0/s1. The average Bonchev–Trinajstić information content (AvgIpc) is 3.39. The molecule has 0 aliphatic heterocycles. The highest BCUT2D eigenvalue weighted by atomic mass is 16.4. The van der Waals surface area contributed by atoms with Crippen LogP contribution in [0.2, 0.25) is 0 Å². The minimum absolute atomic E-state index is 0.0245. The average molecular weight is 1160 g/mol. The number of carboxylic acid groups (broad SMARTS) is 1. The molecular formula is C51H87N17O14. The molecule has 0 radical (unpaired) electrons. The normalized spacial score (nSPS) is 15.4. The third-order valence-electron chi connectivity index (χ3n) is 12.4. The highest BCUT2D eigenvalue weighted by molar-refractivity contribution is 5.99. The van der Waals surface area contributed by atoms with E-state index in [-0.39, 0.29) is 75.2 Å². The molecule has 23 N–H and O–H groups in total. The number of nitrogens with zero attached hydrogens (tertiary/aromatic N) is 2. The fourth-order valence-electron chi connectivity index (χ4n) is 7.54. The minimum atomic E-state index is -1.75. The molecule has 0 bridgehead atoms. The largest absolute Gasteiger partial charge is 0.508 e. The van der Waals surface area contributed by atoms with Crippen LogP contribution >= 0.6 is 0 Å². The van der Waals surface area contributed by atoms with Crippen LogP contribution in [-0.4, -0.2) is 178 Å². The van der Waals surface area contributed by atoms with Crippen LogP contribution in [0.25, 0.3) is 0 Å². The molecule has 0 saturated heterocycles. The monoisotopic (exact) mass is 1160 g/mol. The van der Waals surface area contributed by atoms with Crippen LogP contribution in [0.1, 0.15) is 106 Å². The molecule has 31 nitrogen and oxygen atoms in total. The Balaban J connectivity index is 3.40.